The molecule has 0 aromatic heterocycles. The van der Waals surface area contributed by atoms with Gasteiger partial charge in [0.2, 0.25) is 5.91 Å². The number of alkyl halides is 3. The predicted molar refractivity (Wildman–Crippen MR) is 82.2 cm³/mol. The van der Waals surface area contributed by atoms with Gasteiger partial charge in [-0.05, 0) is 12.1 Å². The molecule has 4 nitrogen and oxygen atoms in total. The second kappa shape index (κ2) is 5.51. The number of amides is 2. The SMILES string of the molecule is C=CCN1C(=O)C2(CC=CC(=O)N2CC(F)(F)F)c2ccccc21. The van der Waals surface area contributed by atoms with Crippen LogP contribution in [0.25, 0.3) is 0 Å². The summed E-state index contributed by atoms with van der Waals surface area (Å²) in [4.78, 5) is 27.3. The summed E-state index contributed by atoms with van der Waals surface area (Å²) in [5, 5.41) is 0. The summed E-state index contributed by atoms with van der Waals surface area (Å²) in [5.41, 5.74) is -0.725. The maximum Gasteiger partial charge on any atom is 0.406 e. The standard InChI is InChI=1S/C17H15F3N2O2/c1-2-10-21-13-7-4-3-6-12(13)16(15(21)24)9-5-8-14(23)22(16)11-17(18,19)20/h2-8H,1,9-11H2. The summed E-state index contributed by atoms with van der Waals surface area (Å²) < 4.78 is 39.1. The van der Waals surface area contributed by atoms with Crippen molar-refractivity contribution in [1.29, 1.82) is 0 Å². The molecule has 0 aliphatic carbocycles. The van der Waals surface area contributed by atoms with Crippen molar-refractivity contribution in [3.63, 3.8) is 0 Å². The topological polar surface area (TPSA) is 40.6 Å². The monoisotopic (exact) mass is 336 g/mol. The molecule has 0 N–H and O–H groups in total. The van der Waals surface area contributed by atoms with Gasteiger partial charge in [0.15, 0.2) is 5.54 Å². The Hall–Kier alpha value is -2.57. The molecule has 1 spiro atoms. The van der Waals surface area contributed by atoms with E-state index in [1.807, 2.05) is 0 Å². The van der Waals surface area contributed by atoms with Crippen LogP contribution in [0.1, 0.15) is 12.0 Å². The second-order valence-corrected chi connectivity index (χ2v) is 5.73. The zero-order chi connectivity index (χ0) is 17.5. The smallest absolute Gasteiger partial charge is 0.311 e. The lowest BCUT2D eigenvalue weighted by Crippen LogP contribution is -2.58. The van der Waals surface area contributed by atoms with E-state index in [-0.39, 0.29) is 13.0 Å². The van der Waals surface area contributed by atoms with Crippen molar-refractivity contribution >= 4 is 17.5 Å². The van der Waals surface area contributed by atoms with Crippen LogP contribution >= 0.6 is 0 Å². The molecule has 3 rings (SSSR count). The van der Waals surface area contributed by atoms with Crippen molar-refractivity contribution in [2.45, 2.75) is 18.1 Å². The minimum Gasteiger partial charge on any atom is -0.311 e. The van der Waals surface area contributed by atoms with Gasteiger partial charge in [0.1, 0.15) is 6.54 Å². The van der Waals surface area contributed by atoms with Crippen LogP contribution in [0.4, 0.5) is 18.9 Å². The molecule has 1 unspecified atom stereocenters. The first-order valence-electron chi connectivity index (χ1n) is 7.38. The first-order chi connectivity index (χ1) is 11.3. The average Bonchev–Trinajstić information content (AvgIpc) is 2.74. The summed E-state index contributed by atoms with van der Waals surface area (Å²) >= 11 is 0. The fourth-order valence-corrected chi connectivity index (χ4v) is 3.39. The summed E-state index contributed by atoms with van der Waals surface area (Å²) in [7, 11) is 0. The van der Waals surface area contributed by atoms with E-state index in [4.69, 9.17) is 0 Å². The van der Waals surface area contributed by atoms with E-state index in [1.165, 1.54) is 17.1 Å². The van der Waals surface area contributed by atoms with Gasteiger partial charge in [0.25, 0.3) is 5.91 Å². The molecular weight excluding hydrogens is 321 g/mol. The number of fused-ring (bicyclic) bond motifs is 2. The number of nitrogens with zero attached hydrogens (tertiary/aromatic N) is 2. The Balaban J connectivity index is 2.19. The highest BCUT2D eigenvalue weighted by Crippen LogP contribution is 2.48. The molecule has 2 aliphatic heterocycles. The van der Waals surface area contributed by atoms with Crippen molar-refractivity contribution in [3.05, 3.63) is 54.6 Å². The molecule has 7 heteroatoms. The third-order valence-corrected chi connectivity index (χ3v) is 4.29. The highest BCUT2D eigenvalue weighted by atomic mass is 19.4. The van der Waals surface area contributed by atoms with Crippen LogP contribution in [-0.4, -0.2) is 36.0 Å². The number of hydrogen-bond acceptors (Lipinski definition) is 2. The largest absolute Gasteiger partial charge is 0.406 e. The fourth-order valence-electron chi connectivity index (χ4n) is 3.39. The molecule has 2 aliphatic rings. The Morgan fingerprint density at radius 2 is 1.96 bits per heavy atom. The number of hydrogen-bond donors (Lipinski definition) is 0. The third-order valence-electron chi connectivity index (χ3n) is 4.29. The second-order valence-electron chi connectivity index (χ2n) is 5.73. The minimum absolute atomic E-state index is 0.0122. The number of anilines is 1. The maximum absolute atomic E-state index is 13.1. The van der Waals surface area contributed by atoms with Crippen LogP contribution in [-0.2, 0) is 15.1 Å². The normalized spacial score (nSPS) is 23.1. The van der Waals surface area contributed by atoms with Crippen LogP contribution in [0.3, 0.4) is 0 Å². The van der Waals surface area contributed by atoms with Gasteiger partial charge in [-0.1, -0.05) is 30.4 Å². The Labute approximate surface area is 136 Å². The first-order valence-corrected chi connectivity index (χ1v) is 7.38. The lowest BCUT2D eigenvalue weighted by Gasteiger charge is -2.41. The number of benzene rings is 1. The van der Waals surface area contributed by atoms with Crippen molar-refractivity contribution in [2.75, 3.05) is 18.0 Å². The van der Waals surface area contributed by atoms with Crippen molar-refractivity contribution in [2.24, 2.45) is 0 Å². The maximum atomic E-state index is 13.1. The van der Waals surface area contributed by atoms with Gasteiger partial charge in [-0.3, -0.25) is 9.59 Å². The molecule has 2 amide bonds. The van der Waals surface area contributed by atoms with E-state index in [1.54, 1.807) is 24.3 Å². The van der Waals surface area contributed by atoms with E-state index in [9.17, 15) is 22.8 Å². The molecule has 1 aromatic rings. The lowest BCUT2D eigenvalue weighted by molar-refractivity contribution is -0.174. The van der Waals surface area contributed by atoms with E-state index >= 15 is 0 Å². The summed E-state index contributed by atoms with van der Waals surface area (Å²) in [5.74, 6) is -1.35. The van der Waals surface area contributed by atoms with Crippen molar-refractivity contribution in [3.8, 4) is 0 Å². The predicted octanol–water partition coefficient (Wildman–Crippen LogP) is 2.77. The van der Waals surface area contributed by atoms with Gasteiger partial charge >= 0.3 is 6.18 Å². The molecule has 0 saturated heterocycles. The Kier molecular flexibility index (Phi) is 3.74. The molecule has 0 saturated carbocycles. The minimum atomic E-state index is -4.60. The van der Waals surface area contributed by atoms with Crippen molar-refractivity contribution < 1.29 is 22.8 Å². The van der Waals surface area contributed by atoms with Crippen molar-refractivity contribution in [1.82, 2.24) is 4.90 Å². The van der Waals surface area contributed by atoms with Gasteiger partial charge < -0.3 is 9.80 Å². The molecule has 1 aromatic carbocycles. The van der Waals surface area contributed by atoms with Crippen LogP contribution < -0.4 is 4.90 Å². The molecular formula is C17H15F3N2O2. The lowest BCUT2D eigenvalue weighted by atomic mass is 9.83. The summed E-state index contributed by atoms with van der Waals surface area (Å²) in [6.07, 6.45) is -0.542. The average molecular weight is 336 g/mol. The molecule has 0 fully saturated rings. The molecule has 0 radical (unpaired) electrons. The van der Waals surface area contributed by atoms with Gasteiger partial charge in [0.05, 0.1) is 5.69 Å². The molecule has 0 bridgehead atoms. The number of rotatable bonds is 3. The number of halogens is 3. The van der Waals surface area contributed by atoms with Crippen LogP contribution in [0.15, 0.2) is 49.1 Å². The number of carbonyl (C=O) groups excluding carboxylic acids is 2. The Morgan fingerprint density at radius 1 is 1.25 bits per heavy atom. The van der Waals surface area contributed by atoms with E-state index in [2.05, 4.69) is 6.58 Å². The molecule has 24 heavy (non-hydrogen) atoms. The molecule has 126 valence electrons. The summed E-state index contributed by atoms with van der Waals surface area (Å²) in [6, 6.07) is 6.63. The van der Waals surface area contributed by atoms with E-state index < -0.39 is 30.1 Å². The quantitative estimate of drug-likeness (QED) is 0.797. The highest BCUT2D eigenvalue weighted by Gasteiger charge is 2.58. The van der Waals surface area contributed by atoms with Gasteiger partial charge in [0, 0.05) is 18.5 Å². The highest BCUT2D eigenvalue weighted by molar-refractivity contribution is 6.11. The van der Waals surface area contributed by atoms with E-state index in [0.717, 1.165) is 6.08 Å². The van der Waals surface area contributed by atoms with Crippen LogP contribution in [0.5, 0.6) is 0 Å². The zero-order valence-electron chi connectivity index (χ0n) is 12.7. The van der Waals surface area contributed by atoms with Gasteiger partial charge in [-0.25, -0.2) is 0 Å². The molecule has 1 atom stereocenters. The fraction of sp³-hybridized carbons (Fsp3) is 0.294. The van der Waals surface area contributed by atoms with Crippen LogP contribution in [0, 0.1) is 0 Å². The third kappa shape index (κ3) is 2.31. The zero-order valence-corrected chi connectivity index (χ0v) is 12.7. The Bertz CT molecular complexity index is 742. The van der Waals surface area contributed by atoms with Crippen LogP contribution in [0.2, 0.25) is 0 Å². The number of carbonyl (C=O) groups is 2. The Morgan fingerprint density at radius 3 is 2.62 bits per heavy atom. The number of para-hydroxylation sites is 1. The summed E-state index contributed by atoms with van der Waals surface area (Å²) in [6.45, 7) is 2.28. The first kappa shape index (κ1) is 16.3. The van der Waals surface area contributed by atoms with Gasteiger partial charge in [-0.15, -0.1) is 6.58 Å². The molecule has 2 heterocycles. The van der Waals surface area contributed by atoms with Gasteiger partial charge in [-0.2, -0.15) is 13.2 Å². The van der Waals surface area contributed by atoms with E-state index in [0.29, 0.717) is 16.2 Å².